The molecule has 7 rings (SSSR count). The van der Waals surface area contributed by atoms with Crippen molar-refractivity contribution in [1.82, 2.24) is 0 Å². The number of rotatable bonds is 6. The van der Waals surface area contributed by atoms with E-state index in [4.69, 9.17) is 11.6 Å². The number of halogens is 2. The van der Waals surface area contributed by atoms with Gasteiger partial charge in [0.25, 0.3) is 0 Å². The van der Waals surface area contributed by atoms with Crippen molar-refractivity contribution in [3.8, 4) is 5.75 Å². The second-order valence-electron chi connectivity index (χ2n) is 13.1. The van der Waals surface area contributed by atoms with Gasteiger partial charge >= 0.3 is 7.12 Å². The van der Waals surface area contributed by atoms with Crippen molar-refractivity contribution in [3.63, 3.8) is 0 Å². The number of fused-ring (bicyclic) bond motifs is 4. The van der Waals surface area contributed by atoms with E-state index < -0.39 is 71.6 Å². The Labute approximate surface area is 281 Å². The van der Waals surface area contributed by atoms with Gasteiger partial charge in [-0.2, -0.15) is 0 Å². The Bertz CT molecular complexity index is 1970. The van der Waals surface area contributed by atoms with Gasteiger partial charge in [0.1, 0.15) is 11.6 Å². The van der Waals surface area contributed by atoms with Crippen LogP contribution in [-0.2, 0) is 25.6 Å². The molecule has 0 radical (unpaired) electrons. The van der Waals surface area contributed by atoms with Crippen molar-refractivity contribution in [3.05, 3.63) is 107 Å². The van der Waals surface area contributed by atoms with Crippen LogP contribution in [0.15, 0.2) is 85.0 Å². The zero-order chi connectivity index (χ0) is 34.2. The number of aromatic hydroxyl groups is 1. The molecule has 3 aromatic carbocycles. The van der Waals surface area contributed by atoms with Crippen LogP contribution in [0.2, 0.25) is 5.02 Å². The fourth-order valence-electron chi connectivity index (χ4n) is 8.47. The summed E-state index contributed by atoms with van der Waals surface area (Å²) in [5.41, 5.74) is 0.662. The van der Waals surface area contributed by atoms with Crippen LogP contribution in [0, 0.1) is 34.9 Å². The average molecular weight is 669 g/mol. The van der Waals surface area contributed by atoms with Gasteiger partial charge in [0.15, 0.2) is 0 Å². The van der Waals surface area contributed by atoms with Gasteiger partial charge in [0.2, 0.25) is 23.6 Å². The zero-order valence-corrected chi connectivity index (χ0v) is 26.6. The summed E-state index contributed by atoms with van der Waals surface area (Å²) >= 11 is 6.07. The van der Waals surface area contributed by atoms with Crippen LogP contribution in [-0.4, -0.2) is 45.9 Å². The number of phenols is 1. The normalized spacial score (nSPS) is 27.9. The van der Waals surface area contributed by atoms with E-state index >= 15 is 0 Å². The first-order valence-corrected chi connectivity index (χ1v) is 16.1. The van der Waals surface area contributed by atoms with Crippen molar-refractivity contribution < 1.29 is 38.7 Å². The molecule has 9 nitrogen and oxygen atoms in total. The number of imide groups is 2. The number of nitrogens with zero attached hydrogens (tertiary/aromatic N) is 2. The Morgan fingerprint density at radius 2 is 1.71 bits per heavy atom. The van der Waals surface area contributed by atoms with Gasteiger partial charge in [-0.05, 0) is 73.5 Å². The fourth-order valence-corrected chi connectivity index (χ4v) is 8.65. The Morgan fingerprint density at radius 3 is 2.42 bits per heavy atom. The predicted octanol–water partition coefficient (Wildman–Crippen LogP) is 4.03. The smallest absolute Gasteiger partial charge is 0.488 e. The van der Waals surface area contributed by atoms with Crippen LogP contribution < -0.4 is 15.3 Å². The standard InChI is InChI=1S/C36H31BClFN2O7/c1-3-6-18-7-4-10-24(31(18)42)30-22-12-13-23-29(34(45)40(32(23)43)20-9-5-8-19(15-20)37(47)48)25(22)17-26-33(44)41(35(46)36(26,30)2)21-11-14-28(39)27(38)16-21/h3-5,7-12,14-16,23,25-26,29-30,42,47-48H,1,6,13,17H2,2H3. The van der Waals surface area contributed by atoms with E-state index in [1.165, 1.54) is 30.3 Å². The summed E-state index contributed by atoms with van der Waals surface area (Å²) in [5.74, 6) is -6.87. The second kappa shape index (κ2) is 11.5. The number of allylic oxidation sites excluding steroid dienone is 3. The minimum atomic E-state index is -1.81. The summed E-state index contributed by atoms with van der Waals surface area (Å²) in [6.45, 7) is 5.47. The lowest BCUT2D eigenvalue weighted by Gasteiger charge is -2.49. The van der Waals surface area contributed by atoms with Crippen LogP contribution in [0.25, 0.3) is 0 Å². The maximum atomic E-state index is 14.6. The van der Waals surface area contributed by atoms with Crippen LogP contribution in [0.1, 0.15) is 36.8 Å². The van der Waals surface area contributed by atoms with E-state index in [9.17, 15) is 38.7 Å². The van der Waals surface area contributed by atoms with E-state index in [-0.39, 0.29) is 40.5 Å². The van der Waals surface area contributed by atoms with Crippen LogP contribution >= 0.6 is 11.6 Å². The Morgan fingerprint density at radius 1 is 0.979 bits per heavy atom. The lowest BCUT2D eigenvalue weighted by molar-refractivity contribution is -0.131. The summed E-state index contributed by atoms with van der Waals surface area (Å²) in [5, 5.41) is 30.8. The molecule has 6 unspecified atom stereocenters. The minimum absolute atomic E-state index is 0.0515. The molecule has 12 heteroatoms. The highest BCUT2D eigenvalue weighted by molar-refractivity contribution is 6.58. The molecule has 244 valence electrons. The number of anilines is 2. The highest BCUT2D eigenvalue weighted by Gasteiger charge is 2.68. The highest BCUT2D eigenvalue weighted by atomic mass is 35.5. The van der Waals surface area contributed by atoms with Gasteiger partial charge < -0.3 is 15.2 Å². The van der Waals surface area contributed by atoms with Crippen molar-refractivity contribution in [2.24, 2.45) is 29.1 Å². The molecule has 3 fully saturated rings. The van der Waals surface area contributed by atoms with Crippen molar-refractivity contribution in [2.75, 3.05) is 9.80 Å². The monoisotopic (exact) mass is 668 g/mol. The first-order valence-electron chi connectivity index (χ1n) is 15.7. The topological polar surface area (TPSA) is 135 Å². The number of benzene rings is 3. The number of carbonyl (C=O) groups is 4. The molecule has 2 aliphatic heterocycles. The molecule has 0 bridgehead atoms. The molecule has 0 aromatic heterocycles. The number of para-hydroxylation sites is 1. The zero-order valence-electron chi connectivity index (χ0n) is 25.8. The first kappa shape index (κ1) is 32.0. The predicted molar refractivity (Wildman–Crippen MR) is 177 cm³/mol. The molecule has 6 atom stereocenters. The van der Waals surface area contributed by atoms with Gasteiger partial charge in [-0.15, -0.1) is 6.58 Å². The third kappa shape index (κ3) is 4.52. The van der Waals surface area contributed by atoms with E-state index in [1.54, 1.807) is 37.3 Å². The van der Waals surface area contributed by atoms with Crippen molar-refractivity contribution >= 4 is 59.2 Å². The largest absolute Gasteiger partial charge is 0.507 e. The summed E-state index contributed by atoms with van der Waals surface area (Å²) in [4.78, 5) is 59.2. The number of hydrogen-bond acceptors (Lipinski definition) is 7. The number of hydrogen-bond donors (Lipinski definition) is 3. The van der Waals surface area contributed by atoms with Crippen molar-refractivity contribution in [2.45, 2.75) is 32.1 Å². The molecule has 48 heavy (non-hydrogen) atoms. The molecule has 3 N–H and O–H groups in total. The molecule has 1 saturated carbocycles. The minimum Gasteiger partial charge on any atom is -0.507 e. The molecule has 2 heterocycles. The maximum absolute atomic E-state index is 14.6. The molecular weight excluding hydrogens is 638 g/mol. The summed E-state index contributed by atoms with van der Waals surface area (Å²) in [7, 11) is -1.81. The first-order chi connectivity index (χ1) is 22.9. The number of phenolic OH excluding ortho intramolecular Hbond substituents is 1. The van der Waals surface area contributed by atoms with Gasteiger partial charge in [-0.1, -0.05) is 59.7 Å². The van der Waals surface area contributed by atoms with E-state index in [0.29, 0.717) is 23.1 Å². The van der Waals surface area contributed by atoms with Crippen molar-refractivity contribution in [1.29, 1.82) is 0 Å². The van der Waals surface area contributed by atoms with Gasteiger partial charge in [-0.3, -0.25) is 24.1 Å². The molecule has 4 amide bonds. The average Bonchev–Trinajstić information content (AvgIpc) is 3.43. The maximum Gasteiger partial charge on any atom is 0.488 e. The third-order valence-corrected chi connectivity index (χ3v) is 11.0. The lowest BCUT2D eigenvalue weighted by Crippen LogP contribution is -2.49. The van der Waals surface area contributed by atoms with Gasteiger partial charge in [0, 0.05) is 11.5 Å². The Hall–Kier alpha value is -4.58. The third-order valence-electron chi connectivity index (χ3n) is 10.7. The molecule has 2 aliphatic carbocycles. The Kier molecular flexibility index (Phi) is 7.69. The molecule has 0 spiro atoms. The second-order valence-corrected chi connectivity index (χ2v) is 13.5. The fraction of sp³-hybridized carbons (Fsp3) is 0.278. The van der Waals surface area contributed by atoms with Crippen LogP contribution in [0.4, 0.5) is 15.8 Å². The number of amides is 4. The quantitative estimate of drug-likeness (QED) is 0.205. The summed E-state index contributed by atoms with van der Waals surface area (Å²) in [6.07, 6.45) is 4.12. The number of carbonyl (C=O) groups excluding carboxylic acids is 4. The summed E-state index contributed by atoms with van der Waals surface area (Å²) in [6, 6.07) is 14.7. The Balaban J connectivity index is 1.38. The SMILES string of the molecule is C=CCc1cccc(C2C3=CCC4C(=O)N(c5cccc(B(O)O)c5)C(=O)C4C3CC3C(=O)N(c4ccc(F)c(Cl)c4)C(=O)C32C)c1O. The molecule has 4 aliphatic rings. The molecular formula is C36H31BClFN2O7. The van der Waals surface area contributed by atoms with E-state index in [0.717, 1.165) is 15.9 Å². The van der Waals surface area contributed by atoms with Crippen LogP contribution in [0.5, 0.6) is 5.75 Å². The highest BCUT2D eigenvalue weighted by Crippen LogP contribution is 2.64. The van der Waals surface area contributed by atoms with Crippen LogP contribution in [0.3, 0.4) is 0 Å². The van der Waals surface area contributed by atoms with E-state index in [2.05, 4.69) is 6.58 Å². The molecule has 2 saturated heterocycles. The van der Waals surface area contributed by atoms with Gasteiger partial charge in [0.05, 0.1) is 39.6 Å². The summed E-state index contributed by atoms with van der Waals surface area (Å²) < 4.78 is 14.1. The van der Waals surface area contributed by atoms with Gasteiger partial charge in [-0.25, -0.2) is 9.29 Å². The lowest BCUT2D eigenvalue weighted by atomic mass is 9.51. The van der Waals surface area contributed by atoms with E-state index in [1.807, 2.05) is 6.08 Å². The molecule has 3 aromatic rings.